The van der Waals surface area contributed by atoms with Crippen molar-refractivity contribution in [2.75, 3.05) is 13.7 Å². The van der Waals surface area contributed by atoms with E-state index in [1.807, 2.05) is 0 Å². The number of rotatable bonds is 5. The van der Waals surface area contributed by atoms with Crippen molar-refractivity contribution in [3.05, 3.63) is 64.7 Å². The molecule has 2 aromatic rings. The van der Waals surface area contributed by atoms with Crippen molar-refractivity contribution in [3.63, 3.8) is 0 Å². The molecule has 1 aliphatic carbocycles. The molecular weight excluding hydrogens is 258 g/mol. The van der Waals surface area contributed by atoms with Crippen LogP contribution in [0.5, 0.6) is 5.75 Å². The second-order valence-corrected chi connectivity index (χ2v) is 5.77. The van der Waals surface area contributed by atoms with Crippen molar-refractivity contribution in [3.8, 4) is 5.75 Å². The molecule has 3 rings (SSSR count). The summed E-state index contributed by atoms with van der Waals surface area (Å²) in [6, 6.07) is 15.6. The fourth-order valence-electron chi connectivity index (χ4n) is 3.41. The van der Waals surface area contributed by atoms with Gasteiger partial charge in [-0.1, -0.05) is 37.3 Å². The maximum atomic E-state index is 5.33. The first-order valence-corrected chi connectivity index (χ1v) is 7.70. The van der Waals surface area contributed by atoms with E-state index in [1.54, 1.807) is 7.11 Å². The molecule has 21 heavy (non-hydrogen) atoms. The second kappa shape index (κ2) is 5.90. The molecule has 0 fully saturated rings. The summed E-state index contributed by atoms with van der Waals surface area (Å²) in [7, 11) is 1.72. The number of methoxy groups -OCH3 is 1. The first kappa shape index (κ1) is 14.2. The van der Waals surface area contributed by atoms with Gasteiger partial charge in [0.05, 0.1) is 7.11 Å². The van der Waals surface area contributed by atoms with Crippen molar-refractivity contribution in [2.45, 2.75) is 32.2 Å². The molecule has 0 spiro atoms. The molecule has 0 saturated carbocycles. The maximum Gasteiger partial charge on any atom is 0.119 e. The predicted molar refractivity (Wildman–Crippen MR) is 87.0 cm³/mol. The van der Waals surface area contributed by atoms with E-state index >= 15 is 0 Å². The molecule has 0 radical (unpaired) electrons. The van der Waals surface area contributed by atoms with Crippen LogP contribution in [0.4, 0.5) is 0 Å². The van der Waals surface area contributed by atoms with E-state index in [1.165, 1.54) is 28.7 Å². The summed E-state index contributed by atoms with van der Waals surface area (Å²) in [4.78, 5) is 0. The van der Waals surface area contributed by atoms with Crippen LogP contribution in [0.15, 0.2) is 42.5 Å². The Morgan fingerprint density at radius 3 is 2.71 bits per heavy atom. The lowest BCUT2D eigenvalue weighted by molar-refractivity contribution is 0.407. The van der Waals surface area contributed by atoms with Crippen LogP contribution in [0, 0.1) is 6.92 Å². The van der Waals surface area contributed by atoms with Crippen LogP contribution in [0.25, 0.3) is 0 Å². The average molecular weight is 281 g/mol. The molecule has 0 aliphatic heterocycles. The van der Waals surface area contributed by atoms with Gasteiger partial charge in [0.25, 0.3) is 0 Å². The molecule has 1 aliphatic rings. The van der Waals surface area contributed by atoms with Gasteiger partial charge in [0.1, 0.15) is 5.75 Å². The van der Waals surface area contributed by atoms with Crippen LogP contribution in [-0.2, 0) is 6.42 Å². The highest BCUT2D eigenvalue weighted by atomic mass is 16.5. The highest BCUT2D eigenvalue weighted by Gasteiger charge is 2.33. The van der Waals surface area contributed by atoms with Gasteiger partial charge in [-0.25, -0.2) is 0 Å². The zero-order valence-electron chi connectivity index (χ0n) is 13.0. The number of benzene rings is 2. The van der Waals surface area contributed by atoms with Gasteiger partial charge in [-0.2, -0.15) is 0 Å². The summed E-state index contributed by atoms with van der Waals surface area (Å²) in [6.45, 7) is 5.33. The Kier molecular flexibility index (Phi) is 3.98. The summed E-state index contributed by atoms with van der Waals surface area (Å²) < 4.78 is 5.33. The Bertz CT molecular complexity index is 635. The van der Waals surface area contributed by atoms with Crippen LogP contribution in [0.3, 0.4) is 0 Å². The molecule has 0 heterocycles. The highest BCUT2D eigenvalue weighted by Crippen LogP contribution is 2.44. The summed E-state index contributed by atoms with van der Waals surface area (Å²) in [5.74, 6) is 1.51. The van der Waals surface area contributed by atoms with Gasteiger partial charge in [0.15, 0.2) is 0 Å². The largest absolute Gasteiger partial charge is 0.497 e. The Balaban J connectivity index is 1.93. The lowest BCUT2D eigenvalue weighted by atomic mass is 9.71. The van der Waals surface area contributed by atoms with E-state index < -0.39 is 0 Å². The lowest BCUT2D eigenvalue weighted by Gasteiger charge is -2.38. The number of hydrogen-bond acceptors (Lipinski definition) is 2. The highest BCUT2D eigenvalue weighted by molar-refractivity contribution is 5.45. The van der Waals surface area contributed by atoms with Crippen LogP contribution in [0.2, 0.25) is 0 Å². The molecule has 0 aromatic heterocycles. The number of hydrogen-bond donors (Lipinski definition) is 1. The maximum absolute atomic E-state index is 5.33. The van der Waals surface area contributed by atoms with E-state index in [4.69, 9.17) is 4.74 Å². The Hall–Kier alpha value is -1.80. The lowest BCUT2D eigenvalue weighted by Crippen LogP contribution is -2.33. The zero-order chi connectivity index (χ0) is 14.8. The summed E-state index contributed by atoms with van der Waals surface area (Å²) in [5.41, 5.74) is 5.68. The minimum absolute atomic E-state index is 0.385. The molecule has 110 valence electrons. The normalized spacial score (nSPS) is 17.8. The quantitative estimate of drug-likeness (QED) is 0.894. The minimum atomic E-state index is 0.385. The summed E-state index contributed by atoms with van der Waals surface area (Å²) in [6.07, 6.45) is 1.17. The van der Waals surface area contributed by atoms with Gasteiger partial charge in [0.2, 0.25) is 0 Å². The third kappa shape index (κ3) is 2.56. The Morgan fingerprint density at radius 1 is 1.24 bits per heavy atom. The zero-order valence-corrected chi connectivity index (χ0v) is 13.0. The van der Waals surface area contributed by atoms with Gasteiger partial charge in [-0.3, -0.25) is 0 Å². The molecule has 2 aromatic carbocycles. The van der Waals surface area contributed by atoms with Crippen LogP contribution in [-0.4, -0.2) is 13.7 Å². The van der Waals surface area contributed by atoms with E-state index in [-0.39, 0.29) is 0 Å². The number of aryl methyl sites for hydroxylation is 1. The Morgan fingerprint density at radius 2 is 2.05 bits per heavy atom. The van der Waals surface area contributed by atoms with Crippen LogP contribution < -0.4 is 10.1 Å². The first-order chi connectivity index (χ1) is 10.2. The van der Waals surface area contributed by atoms with Gasteiger partial charge < -0.3 is 10.1 Å². The van der Waals surface area contributed by atoms with Crippen molar-refractivity contribution < 1.29 is 4.74 Å². The smallest absolute Gasteiger partial charge is 0.119 e. The van der Waals surface area contributed by atoms with Crippen LogP contribution >= 0.6 is 0 Å². The molecule has 2 heteroatoms. The molecule has 2 atom stereocenters. The third-order valence-corrected chi connectivity index (χ3v) is 4.53. The SMILES string of the molecule is CCNC(c1ccc(OC)cc1C)C1Cc2ccccc21. The van der Waals surface area contributed by atoms with E-state index in [0.717, 1.165) is 12.3 Å². The summed E-state index contributed by atoms with van der Waals surface area (Å²) in [5, 5.41) is 3.68. The summed E-state index contributed by atoms with van der Waals surface area (Å²) >= 11 is 0. The van der Waals surface area contributed by atoms with E-state index in [9.17, 15) is 0 Å². The number of ether oxygens (including phenoxy) is 1. The monoisotopic (exact) mass is 281 g/mol. The molecular formula is C19H23NO. The van der Waals surface area contributed by atoms with Crippen molar-refractivity contribution in [1.82, 2.24) is 5.32 Å². The molecule has 0 amide bonds. The fraction of sp³-hybridized carbons (Fsp3) is 0.368. The topological polar surface area (TPSA) is 21.3 Å². The van der Waals surface area contributed by atoms with Gasteiger partial charge >= 0.3 is 0 Å². The van der Waals surface area contributed by atoms with Crippen LogP contribution in [0.1, 0.15) is 41.1 Å². The van der Waals surface area contributed by atoms with Gasteiger partial charge in [0, 0.05) is 12.0 Å². The average Bonchev–Trinajstić information content (AvgIpc) is 2.47. The fourth-order valence-corrected chi connectivity index (χ4v) is 3.41. The molecule has 2 unspecified atom stereocenters. The van der Waals surface area contributed by atoms with Gasteiger partial charge in [-0.05, 0) is 54.3 Å². The standard InChI is InChI=1S/C19H23NO/c1-4-20-19(16-10-9-15(21-3)11-13(16)2)18-12-14-7-5-6-8-17(14)18/h5-11,18-20H,4,12H2,1-3H3. The van der Waals surface area contributed by atoms with E-state index in [2.05, 4.69) is 61.6 Å². The first-order valence-electron chi connectivity index (χ1n) is 7.70. The van der Waals surface area contributed by atoms with E-state index in [0.29, 0.717) is 12.0 Å². The van der Waals surface area contributed by atoms with Crippen molar-refractivity contribution in [2.24, 2.45) is 0 Å². The number of likely N-dealkylation sites (N-methyl/N-ethyl adjacent to an activating group) is 1. The Labute approximate surface area is 127 Å². The number of fused-ring (bicyclic) bond motifs is 1. The molecule has 0 saturated heterocycles. The third-order valence-electron chi connectivity index (χ3n) is 4.53. The molecule has 0 bridgehead atoms. The molecule has 1 N–H and O–H groups in total. The second-order valence-electron chi connectivity index (χ2n) is 5.77. The predicted octanol–water partition coefficient (Wildman–Crippen LogP) is 3.99. The number of nitrogens with one attached hydrogen (secondary N) is 1. The molecule has 2 nitrogen and oxygen atoms in total. The van der Waals surface area contributed by atoms with Crippen molar-refractivity contribution in [1.29, 1.82) is 0 Å². The van der Waals surface area contributed by atoms with Gasteiger partial charge in [-0.15, -0.1) is 0 Å². The minimum Gasteiger partial charge on any atom is -0.497 e. The van der Waals surface area contributed by atoms with Crippen molar-refractivity contribution >= 4 is 0 Å².